The van der Waals surface area contributed by atoms with Crippen molar-refractivity contribution in [2.45, 2.75) is 0 Å². The van der Waals surface area contributed by atoms with Gasteiger partial charge in [-0.25, -0.2) is 4.99 Å². The van der Waals surface area contributed by atoms with Crippen molar-refractivity contribution in [3.05, 3.63) is 168 Å². The standard InChI is InChI=1S/C38H27N3O2/c1-2-25(21-22-39)36-32-23-30(26-13-5-3-6-14-26)37(40-32)28-17-9-11-19-34(28)42-43-35-20-12-10-18-29(35)38-31(24-33(36)41-38)27-15-7-4-8-16-27/h2-24,39-40H,1H2/b25-21+,36-33-,39-22?. The smallest absolute Gasteiger partial charge is 0.188 e. The first-order valence-electron chi connectivity index (χ1n) is 14.0. The van der Waals surface area contributed by atoms with Gasteiger partial charge in [-0.05, 0) is 59.2 Å². The molecule has 1 aromatic heterocycles. The van der Waals surface area contributed by atoms with Gasteiger partial charge in [0.1, 0.15) is 0 Å². The predicted octanol–water partition coefficient (Wildman–Crippen LogP) is 9.09. The maximum Gasteiger partial charge on any atom is 0.188 e. The fourth-order valence-electron chi connectivity index (χ4n) is 5.59. The molecule has 0 saturated carbocycles. The highest BCUT2D eigenvalue weighted by Gasteiger charge is 2.27. The zero-order chi connectivity index (χ0) is 29.2. The van der Waals surface area contributed by atoms with Gasteiger partial charge in [0.05, 0.1) is 17.1 Å². The van der Waals surface area contributed by atoms with E-state index in [1.54, 1.807) is 12.2 Å². The maximum absolute atomic E-state index is 7.93. The van der Waals surface area contributed by atoms with Gasteiger partial charge in [0.15, 0.2) is 11.5 Å². The molecular formula is C38H27N3O2. The van der Waals surface area contributed by atoms with E-state index in [4.69, 9.17) is 20.2 Å². The lowest BCUT2D eigenvalue weighted by Crippen LogP contribution is -2.08. The molecule has 2 N–H and O–H groups in total. The number of allylic oxidation sites excluding steroid dienone is 6. The molecular weight excluding hydrogens is 530 g/mol. The van der Waals surface area contributed by atoms with Crippen molar-refractivity contribution < 1.29 is 9.78 Å². The molecule has 0 saturated heterocycles. The number of aromatic nitrogens is 1. The van der Waals surface area contributed by atoms with Crippen molar-refractivity contribution in [1.29, 1.82) is 5.41 Å². The highest BCUT2D eigenvalue weighted by molar-refractivity contribution is 6.35. The monoisotopic (exact) mass is 557 g/mol. The largest absolute Gasteiger partial charge is 0.354 e. The summed E-state index contributed by atoms with van der Waals surface area (Å²) in [4.78, 5) is 21.1. The van der Waals surface area contributed by atoms with Crippen LogP contribution in [0.15, 0.2) is 156 Å². The molecule has 0 spiro atoms. The first-order valence-corrected chi connectivity index (χ1v) is 14.0. The number of nitrogens with zero attached hydrogens (tertiary/aromatic N) is 1. The van der Waals surface area contributed by atoms with E-state index in [0.29, 0.717) is 11.5 Å². The number of H-pyrrole nitrogens is 1. The van der Waals surface area contributed by atoms with Crippen molar-refractivity contribution in [1.82, 2.24) is 4.98 Å². The maximum atomic E-state index is 7.93. The number of nitrogens with one attached hydrogen (secondary N) is 2. The van der Waals surface area contributed by atoms with Gasteiger partial charge in [-0.3, -0.25) is 9.78 Å². The van der Waals surface area contributed by atoms with Gasteiger partial charge in [-0.2, -0.15) is 0 Å². The molecule has 0 amide bonds. The first kappa shape index (κ1) is 26.0. The number of fused-ring (bicyclic) bond motifs is 7. The first-order chi connectivity index (χ1) is 21.2. The predicted molar refractivity (Wildman–Crippen MR) is 174 cm³/mol. The molecule has 0 atom stereocenters. The van der Waals surface area contributed by atoms with Crippen molar-refractivity contribution in [2.24, 2.45) is 4.99 Å². The van der Waals surface area contributed by atoms with E-state index < -0.39 is 0 Å². The molecule has 206 valence electrons. The summed E-state index contributed by atoms with van der Waals surface area (Å²) in [6.45, 7) is 4.11. The van der Waals surface area contributed by atoms with Crippen LogP contribution in [0.3, 0.4) is 0 Å². The van der Waals surface area contributed by atoms with Crippen LogP contribution in [0.25, 0.3) is 33.5 Å². The Bertz CT molecular complexity index is 1990. The van der Waals surface area contributed by atoms with Crippen LogP contribution in [-0.4, -0.2) is 16.9 Å². The number of para-hydroxylation sites is 2. The van der Waals surface area contributed by atoms with Crippen LogP contribution in [0.5, 0.6) is 11.5 Å². The fraction of sp³-hybridized carbons (Fsp3) is 0. The lowest BCUT2D eigenvalue weighted by molar-refractivity contribution is -0.0995. The molecule has 5 heteroatoms. The summed E-state index contributed by atoms with van der Waals surface area (Å²) in [5.41, 5.74) is 10.5. The van der Waals surface area contributed by atoms with Crippen LogP contribution in [0, 0.1) is 5.41 Å². The van der Waals surface area contributed by atoms with E-state index in [9.17, 15) is 0 Å². The number of aliphatic imine (C=N–C) groups is 1. The summed E-state index contributed by atoms with van der Waals surface area (Å²) in [5.74, 6) is 1.12. The van der Waals surface area contributed by atoms with Crippen LogP contribution in [-0.2, 0) is 0 Å². The van der Waals surface area contributed by atoms with E-state index in [2.05, 4.69) is 48.0 Å². The number of benzene rings is 4. The average Bonchev–Trinajstić information content (AvgIpc) is 3.70. The van der Waals surface area contributed by atoms with E-state index in [0.717, 1.165) is 67.3 Å². The molecule has 0 fully saturated rings. The van der Waals surface area contributed by atoms with Crippen LogP contribution in [0.1, 0.15) is 16.8 Å². The third-order valence-corrected chi connectivity index (χ3v) is 7.57. The van der Waals surface area contributed by atoms with E-state index in [1.165, 1.54) is 6.21 Å². The van der Waals surface area contributed by atoms with E-state index in [1.807, 2.05) is 84.9 Å². The number of hydrogen-bond acceptors (Lipinski definition) is 4. The summed E-state index contributed by atoms with van der Waals surface area (Å²) in [7, 11) is 0. The summed E-state index contributed by atoms with van der Waals surface area (Å²) in [6.07, 6.45) is 6.89. The van der Waals surface area contributed by atoms with Crippen LogP contribution in [0.4, 0.5) is 0 Å². The van der Waals surface area contributed by atoms with Crippen molar-refractivity contribution in [3.8, 4) is 33.9 Å². The van der Waals surface area contributed by atoms with E-state index in [-0.39, 0.29) is 0 Å². The molecule has 5 nitrogen and oxygen atoms in total. The fourth-order valence-corrected chi connectivity index (χ4v) is 5.59. The Morgan fingerprint density at radius 3 is 2.00 bits per heavy atom. The molecule has 5 aromatic rings. The lowest BCUT2D eigenvalue weighted by atomic mass is 9.95. The second-order valence-corrected chi connectivity index (χ2v) is 10.1. The highest BCUT2D eigenvalue weighted by atomic mass is 17.2. The van der Waals surface area contributed by atoms with Gasteiger partial charge in [-0.15, -0.1) is 0 Å². The Labute approximate surface area is 249 Å². The quantitative estimate of drug-likeness (QED) is 0.129. The highest BCUT2D eigenvalue weighted by Crippen LogP contribution is 2.43. The second-order valence-electron chi connectivity index (χ2n) is 10.1. The zero-order valence-corrected chi connectivity index (χ0v) is 23.2. The molecule has 43 heavy (non-hydrogen) atoms. The Kier molecular flexibility index (Phi) is 6.74. The minimum atomic E-state index is 0.550. The topological polar surface area (TPSA) is 70.5 Å². The molecule has 0 aliphatic carbocycles. The van der Waals surface area contributed by atoms with Gasteiger partial charge >= 0.3 is 0 Å². The van der Waals surface area contributed by atoms with E-state index >= 15 is 0 Å². The van der Waals surface area contributed by atoms with Crippen LogP contribution >= 0.6 is 0 Å². The SMILES string of the molecule is C=CC(=C\C=N)/C1=C2\C=C(c3ccccc3)C(=N2)c2ccccc2OOc2ccccc2-c2[nH]c1cc2-c1ccccc1. The summed E-state index contributed by atoms with van der Waals surface area (Å²) >= 11 is 0. The Balaban J connectivity index is 1.60. The Hall–Kier alpha value is -5.94. The van der Waals surface area contributed by atoms with Crippen molar-refractivity contribution in [2.75, 3.05) is 0 Å². The van der Waals surface area contributed by atoms with Gasteiger partial charge in [-0.1, -0.05) is 97.6 Å². The molecule has 2 aliphatic heterocycles. The Morgan fingerprint density at radius 1 is 0.721 bits per heavy atom. The zero-order valence-electron chi connectivity index (χ0n) is 23.2. The van der Waals surface area contributed by atoms with Gasteiger partial charge < -0.3 is 10.4 Å². The molecule has 0 unspecified atom stereocenters. The molecule has 3 heterocycles. The van der Waals surface area contributed by atoms with Gasteiger partial charge in [0.2, 0.25) is 0 Å². The van der Waals surface area contributed by atoms with Crippen LogP contribution in [0.2, 0.25) is 0 Å². The minimum Gasteiger partial charge on any atom is -0.354 e. The van der Waals surface area contributed by atoms with Crippen molar-refractivity contribution in [3.63, 3.8) is 0 Å². The minimum absolute atomic E-state index is 0.550. The number of aromatic amines is 1. The van der Waals surface area contributed by atoms with Crippen molar-refractivity contribution >= 4 is 23.1 Å². The second kappa shape index (κ2) is 11.1. The van der Waals surface area contributed by atoms with Crippen LogP contribution < -0.4 is 9.78 Å². The third-order valence-electron chi connectivity index (χ3n) is 7.57. The molecule has 0 radical (unpaired) electrons. The lowest BCUT2D eigenvalue weighted by Gasteiger charge is -2.14. The number of rotatable bonds is 5. The normalized spacial score (nSPS) is 15.7. The Morgan fingerprint density at radius 2 is 1.33 bits per heavy atom. The third kappa shape index (κ3) is 4.73. The summed E-state index contributed by atoms with van der Waals surface area (Å²) in [6, 6.07) is 38.1. The molecule has 4 aromatic carbocycles. The van der Waals surface area contributed by atoms with Gasteiger partial charge in [0, 0.05) is 39.7 Å². The molecule has 2 aliphatic rings. The number of hydrogen-bond donors (Lipinski definition) is 2. The molecule has 7 rings (SSSR count). The van der Waals surface area contributed by atoms with Gasteiger partial charge in [0.25, 0.3) is 0 Å². The average molecular weight is 558 g/mol. The summed E-state index contributed by atoms with van der Waals surface area (Å²) in [5, 5.41) is 7.93. The molecule has 4 bridgehead atoms. The summed E-state index contributed by atoms with van der Waals surface area (Å²) < 4.78 is 0.